The molecule has 1 aliphatic heterocycles. The highest BCUT2D eigenvalue weighted by atomic mass is 19.1. The van der Waals surface area contributed by atoms with Gasteiger partial charge in [0.1, 0.15) is 5.78 Å². The molecule has 0 aromatic carbocycles. The van der Waals surface area contributed by atoms with Crippen molar-refractivity contribution < 1.29 is 13.9 Å². The van der Waals surface area contributed by atoms with Crippen LogP contribution in [0, 0.1) is 0 Å². The number of carbonyl (C=O) groups is 1. The van der Waals surface area contributed by atoms with Crippen LogP contribution in [0.1, 0.15) is 19.8 Å². The summed E-state index contributed by atoms with van der Waals surface area (Å²) in [5.74, 6) is 0.274. The monoisotopic (exact) mass is 205 g/mol. The van der Waals surface area contributed by atoms with Crippen LogP contribution >= 0.6 is 0 Å². The molecule has 0 aromatic rings. The molecule has 0 spiro atoms. The Morgan fingerprint density at radius 1 is 1.50 bits per heavy atom. The molecular formula is C10H20FNO2. The molecular weight excluding hydrogens is 185 g/mol. The van der Waals surface area contributed by atoms with Crippen molar-refractivity contribution >= 4 is 5.78 Å². The summed E-state index contributed by atoms with van der Waals surface area (Å²) in [6, 6.07) is 0.564. The Morgan fingerprint density at radius 3 is 2.43 bits per heavy atom. The minimum Gasteiger partial charge on any atom is -0.383 e. The first-order chi connectivity index (χ1) is 6.66. The van der Waals surface area contributed by atoms with Gasteiger partial charge in [0.15, 0.2) is 0 Å². The van der Waals surface area contributed by atoms with E-state index in [-0.39, 0.29) is 11.8 Å². The highest BCUT2D eigenvalue weighted by Crippen LogP contribution is 2.22. The summed E-state index contributed by atoms with van der Waals surface area (Å²) in [6.07, 6.45) is 2.06. The molecule has 1 heterocycles. The molecule has 1 aliphatic rings. The molecule has 2 atom stereocenters. The van der Waals surface area contributed by atoms with Gasteiger partial charge in [-0.2, -0.15) is 0 Å². The first kappa shape index (κ1) is 13.5. The summed E-state index contributed by atoms with van der Waals surface area (Å²) in [4.78, 5) is 13.3. The summed E-state index contributed by atoms with van der Waals surface area (Å²) in [6.45, 7) is 2.40. The number of methoxy groups -OCH3 is 1. The second-order valence-corrected chi connectivity index (χ2v) is 3.48. The van der Waals surface area contributed by atoms with Crippen LogP contribution < -0.4 is 0 Å². The minimum atomic E-state index is 0.130. The minimum absolute atomic E-state index is 0.130. The van der Waals surface area contributed by atoms with E-state index >= 15 is 0 Å². The van der Waals surface area contributed by atoms with Gasteiger partial charge in [-0.05, 0) is 26.8 Å². The number of carbonyl (C=O) groups excluding carboxylic acids is 1. The molecule has 14 heavy (non-hydrogen) atoms. The van der Waals surface area contributed by atoms with Crippen molar-refractivity contribution in [3.05, 3.63) is 0 Å². The van der Waals surface area contributed by atoms with E-state index in [2.05, 4.69) is 4.90 Å². The topological polar surface area (TPSA) is 29.5 Å². The highest BCUT2D eigenvalue weighted by molar-refractivity contribution is 5.81. The quantitative estimate of drug-likeness (QED) is 0.695. The molecule has 0 aliphatic carbocycles. The van der Waals surface area contributed by atoms with E-state index in [1.54, 1.807) is 14.0 Å². The van der Waals surface area contributed by atoms with Gasteiger partial charge in [0, 0.05) is 13.2 Å². The van der Waals surface area contributed by atoms with Crippen molar-refractivity contribution in [3.63, 3.8) is 0 Å². The smallest absolute Gasteiger partial charge is 0.146 e. The number of nitrogens with zero attached hydrogens (tertiary/aromatic N) is 1. The number of alkyl halides is 1. The van der Waals surface area contributed by atoms with Crippen molar-refractivity contribution in [2.45, 2.75) is 31.8 Å². The third-order valence-electron chi connectivity index (χ3n) is 2.67. The zero-order chi connectivity index (χ0) is 11.1. The number of rotatable bonds is 3. The molecule has 1 rings (SSSR count). The van der Waals surface area contributed by atoms with Crippen molar-refractivity contribution in [1.29, 1.82) is 0 Å². The van der Waals surface area contributed by atoms with Gasteiger partial charge in [-0.25, -0.2) is 0 Å². The molecule has 4 heteroatoms. The lowest BCUT2D eigenvalue weighted by Gasteiger charge is -2.23. The number of hydrogen-bond acceptors (Lipinski definition) is 3. The van der Waals surface area contributed by atoms with Crippen LogP contribution in [-0.2, 0) is 9.53 Å². The van der Waals surface area contributed by atoms with Crippen molar-refractivity contribution in [3.8, 4) is 0 Å². The number of Topliss-reactive ketones (excluding diaryl/α,β-unsaturated/α-hetero) is 1. The van der Waals surface area contributed by atoms with Crippen LogP contribution in [0.2, 0.25) is 0 Å². The Labute approximate surface area is 85.2 Å². The summed E-state index contributed by atoms with van der Waals surface area (Å²) < 4.78 is 14.6. The third-order valence-corrected chi connectivity index (χ3v) is 2.67. The van der Waals surface area contributed by atoms with Gasteiger partial charge in [-0.3, -0.25) is 14.1 Å². The highest BCUT2D eigenvalue weighted by Gasteiger charge is 2.32. The molecule has 0 saturated carbocycles. The predicted molar refractivity (Wildman–Crippen MR) is 54.2 cm³/mol. The molecule has 0 amide bonds. The maximum absolute atomic E-state index is 11.1. The van der Waals surface area contributed by atoms with Gasteiger partial charge in [0.2, 0.25) is 0 Å². The maximum Gasteiger partial charge on any atom is 0.146 e. The van der Waals surface area contributed by atoms with Crippen LogP contribution in [0.4, 0.5) is 4.39 Å². The Hall–Kier alpha value is -0.480. The standard InChI is InChI=1S/C9H17NO2.CH3F/c1-7(11)9-5-4-8(6-12-3)10(9)2;1-2/h8-9H,4-6H2,1-3H3;1H3/t8-,9+;/m1./s1. The lowest BCUT2D eigenvalue weighted by atomic mass is 10.1. The number of ether oxygens (including phenoxy) is 1. The van der Waals surface area contributed by atoms with Crippen LogP contribution in [0.5, 0.6) is 0 Å². The van der Waals surface area contributed by atoms with Gasteiger partial charge < -0.3 is 4.74 Å². The summed E-state index contributed by atoms with van der Waals surface area (Å²) in [7, 11) is 4.21. The van der Waals surface area contributed by atoms with Gasteiger partial charge >= 0.3 is 0 Å². The Bertz CT molecular complexity index is 176. The number of ketones is 1. The SMILES string of the molecule is CF.COC[C@H]1CC[C@@H](C(C)=O)N1C. The molecule has 1 fully saturated rings. The number of likely N-dealkylation sites (tertiary alicyclic amines) is 1. The van der Waals surface area contributed by atoms with Crippen LogP contribution in [0.3, 0.4) is 0 Å². The Balaban J connectivity index is 0.000000791. The van der Waals surface area contributed by atoms with Crippen molar-refractivity contribution in [2.24, 2.45) is 0 Å². The third kappa shape index (κ3) is 3.35. The first-order valence-corrected chi connectivity index (χ1v) is 4.76. The van der Waals surface area contributed by atoms with E-state index in [9.17, 15) is 9.18 Å². The molecule has 0 bridgehead atoms. The molecule has 0 aromatic heterocycles. The van der Waals surface area contributed by atoms with Crippen LogP contribution in [0.15, 0.2) is 0 Å². The molecule has 0 N–H and O–H groups in total. The number of likely N-dealkylation sites (N-methyl/N-ethyl adjacent to an activating group) is 1. The van der Waals surface area contributed by atoms with Crippen molar-refractivity contribution in [2.75, 3.05) is 27.9 Å². The van der Waals surface area contributed by atoms with Crippen LogP contribution in [0.25, 0.3) is 0 Å². The van der Waals surface area contributed by atoms with Gasteiger partial charge in [0.05, 0.1) is 19.8 Å². The second kappa shape index (κ2) is 6.90. The summed E-state index contributed by atoms with van der Waals surface area (Å²) in [5.41, 5.74) is 0. The molecule has 3 nitrogen and oxygen atoms in total. The lowest BCUT2D eigenvalue weighted by Crippen LogP contribution is -2.38. The van der Waals surface area contributed by atoms with E-state index in [0.29, 0.717) is 13.2 Å². The number of hydrogen-bond donors (Lipinski definition) is 0. The van der Waals surface area contributed by atoms with Crippen LogP contribution in [-0.4, -0.2) is 50.7 Å². The molecule has 1 saturated heterocycles. The fraction of sp³-hybridized carbons (Fsp3) is 0.900. The second-order valence-electron chi connectivity index (χ2n) is 3.48. The normalized spacial score (nSPS) is 26.9. The first-order valence-electron chi connectivity index (χ1n) is 4.76. The summed E-state index contributed by atoms with van der Waals surface area (Å²) >= 11 is 0. The van der Waals surface area contributed by atoms with E-state index in [1.807, 2.05) is 7.05 Å². The lowest BCUT2D eigenvalue weighted by molar-refractivity contribution is -0.121. The molecule has 84 valence electrons. The van der Waals surface area contributed by atoms with E-state index < -0.39 is 0 Å². The zero-order valence-corrected chi connectivity index (χ0v) is 9.42. The fourth-order valence-corrected chi connectivity index (χ4v) is 1.90. The average molecular weight is 205 g/mol. The average Bonchev–Trinajstić information content (AvgIpc) is 2.52. The van der Waals surface area contributed by atoms with Gasteiger partial charge in [-0.15, -0.1) is 0 Å². The maximum atomic E-state index is 11.1. The van der Waals surface area contributed by atoms with Crippen molar-refractivity contribution in [1.82, 2.24) is 4.90 Å². The van der Waals surface area contributed by atoms with E-state index in [0.717, 1.165) is 19.4 Å². The van der Waals surface area contributed by atoms with Gasteiger partial charge in [0.25, 0.3) is 0 Å². The number of halogens is 1. The summed E-state index contributed by atoms with van der Waals surface area (Å²) in [5, 5.41) is 0. The fourth-order valence-electron chi connectivity index (χ4n) is 1.90. The largest absolute Gasteiger partial charge is 0.383 e. The van der Waals surface area contributed by atoms with Gasteiger partial charge in [-0.1, -0.05) is 0 Å². The molecule has 0 unspecified atom stereocenters. The van der Waals surface area contributed by atoms with E-state index in [1.165, 1.54) is 0 Å². The Morgan fingerprint density at radius 2 is 2.07 bits per heavy atom. The van der Waals surface area contributed by atoms with E-state index in [4.69, 9.17) is 4.74 Å². The predicted octanol–water partition coefficient (Wildman–Crippen LogP) is 1.27. The molecule has 0 radical (unpaired) electrons. The zero-order valence-electron chi connectivity index (χ0n) is 9.42. The Kier molecular flexibility index (Phi) is 6.66.